The van der Waals surface area contributed by atoms with Crippen LogP contribution in [-0.4, -0.2) is 42.5 Å². The van der Waals surface area contributed by atoms with Gasteiger partial charge in [-0.05, 0) is 61.7 Å². The van der Waals surface area contributed by atoms with E-state index in [1.165, 1.54) is 0 Å². The van der Waals surface area contributed by atoms with Gasteiger partial charge in [0.05, 0.1) is 7.11 Å². The fraction of sp³-hybridized carbons (Fsp3) is 0.310. The number of hydrogen-bond acceptors (Lipinski definition) is 4. The summed E-state index contributed by atoms with van der Waals surface area (Å²) in [6, 6.07) is 24.0. The van der Waals surface area contributed by atoms with Gasteiger partial charge in [0, 0.05) is 19.0 Å². The van der Waals surface area contributed by atoms with Crippen LogP contribution >= 0.6 is 0 Å². The predicted molar refractivity (Wildman–Crippen MR) is 137 cm³/mol. The molecule has 0 radical (unpaired) electrons. The molecule has 3 aromatic carbocycles. The molecule has 1 unspecified atom stereocenters. The molecule has 6 heteroatoms. The number of amides is 2. The minimum atomic E-state index is -0.709. The second-order valence-corrected chi connectivity index (χ2v) is 8.85. The van der Waals surface area contributed by atoms with Crippen LogP contribution in [0.2, 0.25) is 0 Å². The molecule has 3 rings (SSSR count). The second kappa shape index (κ2) is 12.6. The summed E-state index contributed by atoms with van der Waals surface area (Å²) in [7, 11) is 1.60. The van der Waals surface area contributed by atoms with Crippen molar-refractivity contribution in [2.75, 3.05) is 13.7 Å². The van der Waals surface area contributed by atoms with Gasteiger partial charge >= 0.3 is 0 Å². The van der Waals surface area contributed by atoms with E-state index in [9.17, 15) is 9.59 Å². The highest BCUT2D eigenvalue weighted by molar-refractivity contribution is 5.88. The van der Waals surface area contributed by atoms with Gasteiger partial charge in [-0.1, -0.05) is 54.6 Å². The molecule has 1 atom stereocenters. The lowest BCUT2D eigenvalue weighted by atomic mass is 10.0. The SMILES string of the molecule is COc1cccc(CN(C(=O)COc2cccc(C)c2)C(Cc2ccccc2)C(=O)NC(C)C)c1. The molecule has 0 heterocycles. The summed E-state index contributed by atoms with van der Waals surface area (Å²) < 4.78 is 11.2. The molecule has 0 fully saturated rings. The lowest BCUT2D eigenvalue weighted by Crippen LogP contribution is -2.52. The van der Waals surface area contributed by atoms with Gasteiger partial charge in [0.15, 0.2) is 6.61 Å². The van der Waals surface area contributed by atoms with Gasteiger partial charge < -0.3 is 19.7 Å². The zero-order valence-corrected chi connectivity index (χ0v) is 20.9. The Morgan fingerprint density at radius 3 is 2.26 bits per heavy atom. The number of ether oxygens (including phenoxy) is 2. The van der Waals surface area contributed by atoms with Gasteiger partial charge in [-0.3, -0.25) is 9.59 Å². The molecule has 35 heavy (non-hydrogen) atoms. The Kier molecular flexibility index (Phi) is 9.30. The highest BCUT2D eigenvalue weighted by Gasteiger charge is 2.31. The third-order valence-corrected chi connectivity index (χ3v) is 5.54. The van der Waals surface area contributed by atoms with Gasteiger partial charge in [0.2, 0.25) is 5.91 Å². The van der Waals surface area contributed by atoms with Crippen molar-refractivity contribution < 1.29 is 19.1 Å². The van der Waals surface area contributed by atoms with Crippen molar-refractivity contribution in [3.8, 4) is 11.5 Å². The van der Waals surface area contributed by atoms with Crippen LogP contribution in [-0.2, 0) is 22.6 Å². The molecule has 0 aliphatic rings. The molecule has 0 spiro atoms. The van der Waals surface area contributed by atoms with E-state index in [-0.39, 0.29) is 31.0 Å². The zero-order valence-electron chi connectivity index (χ0n) is 20.9. The lowest BCUT2D eigenvalue weighted by molar-refractivity contribution is -0.143. The summed E-state index contributed by atoms with van der Waals surface area (Å²) in [5.74, 6) is 0.841. The number of methoxy groups -OCH3 is 1. The second-order valence-electron chi connectivity index (χ2n) is 8.85. The number of carbonyl (C=O) groups is 2. The number of rotatable bonds is 11. The standard InChI is InChI=1S/C29H34N2O4/c1-21(2)30-29(33)27(18-23-11-6-5-7-12-23)31(19-24-13-9-14-25(17-24)34-4)28(32)20-35-26-15-8-10-22(3)16-26/h5-17,21,27H,18-20H2,1-4H3,(H,30,33). The number of carbonyl (C=O) groups excluding carboxylic acids is 2. The van der Waals surface area contributed by atoms with Gasteiger partial charge in [0.25, 0.3) is 5.91 Å². The van der Waals surface area contributed by atoms with Crippen molar-refractivity contribution in [2.45, 2.75) is 45.8 Å². The van der Waals surface area contributed by atoms with Crippen LogP contribution in [0.5, 0.6) is 11.5 Å². The van der Waals surface area contributed by atoms with Gasteiger partial charge in [-0.15, -0.1) is 0 Å². The monoisotopic (exact) mass is 474 g/mol. The summed E-state index contributed by atoms with van der Waals surface area (Å²) in [6.07, 6.45) is 0.388. The van der Waals surface area contributed by atoms with Crippen LogP contribution in [0, 0.1) is 6.92 Å². The Hall–Kier alpha value is -3.80. The number of nitrogens with zero attached hydrogens (tertiary/aromatic N) is 1. The maximum absolute atomic E-state index is 13.6. The van der Waals surface area contributed by atoms with Crippen LogP contribution in [0.1, 0.15) is 30.5 Å². The maximum atomic E-state index is 13.6. The molecular weight excluding hydrogens is 440 g/mol. The fourth-order valence-electron chi connectivity index (χ4n) is 3.84. The van der Waals surface area contributed by atoms with Gasteiger partial charge in [0.1, 0.15) is 17.5 Å². The van der Waals surface area contributed by atoms with E-state index in [4.69, 9.17) is 9.47 Å². The van der Waals surface area contributed by atoms with Gasteiger partial charge in [-0.2, -0.15) is 0 Å². The Morgan fingerprint density at radius 1 is 0.886 bits per heavy atom. The third-order valence-electron chi connectivity index (χ3n) is 5.54. The first-order valence-electron chi connectivity index (χ1n) is 11.8. The van der Waals surface area contributed by atoms with Crippen molar-refractivity contribution in [2.24, 2.45) is 0 Å². The molecule has 184 valence electrons. The Balaban J connectivity index is 1.92. The largest absolute Gasteiger partial charge is 0.497 e. The number of hydrogen-bond donors (Lipinski definition) is 1. The van der Waals surface area contributed by atoms with Crippen LogP contribution in [0.3, 0.4) is 0 Å². The Labute approximate surface area is 207 Å². The first kappa shape index (κ1) is 25.8. The maximum Gasteiger partial charge on any atom is 0.261 e. The summed E-state index contributed by atoms with van der Waals surface area (Å²) in [6.45, 7) is 5.86. The van der Waals surface area contributed by atoms with Gasteiger partial charge in [-0.25, -0.2) is 0 Å². The molecule has 2 amide bonds. The molecule has 0 bridgehead atoms. The first-order valence-corrected chi connectivity index (χ1v) is 11.8. The quantitative estimate of drug-likeness (QED) is 0.443. The van der Waals surface area contributed by atoms with E-state index < -0.39 is 6.04 Å². The number of nitrogens with one attached hydrogen (secondary N) is 1. The molecule has 0 saturated heterocycles. The van der Waals surface area contributed by atoms with Crippen LogP contribution in [0.25, 0.3) is 0 Å². The average molecular weight is 475 g/mol. The fourth-order valence-corrected chi connectivity index (χ4v) is 3.84. The first-order chi connectivity index (χ1) is 16.9. The summed E-state index contributed by atoms with van der Waals surface area (Å²) in [4.78, 5) is 28.5. The van der Waals surface area contributed by atoms with Crippen LogP contribution < -0.4 is 14.8 Å². The van der Waals surface area contributed by atoms with E-state index in [0.29, 0.717) is 17.9 Å². The predicted octanol–water partition coefficient (Wildman–Crippen LogP) is 4.55. The number of benzene rings is 3. The summed E-state index contributed by atoms with van der Waals surface area (Å²) in [5.41, 5.74) is 2.88. The van der Waals surface area contributed by atoms with Crippen molar-refractivity contribution in [1.29, 1.82) is 0 Å². The minimum absolute atomic E-state index is 0.0573. The van der Waals surface area contributed by atoms with E-state index in [2.05, 4.69) is 5.32 Å². The van der Waals surface area contributed by atoms with Crippen molar-refractivity contribution >= 4 is 11.8 Å². The molecule has 0 aliphatic carbocycles. The van der Waals surface area contributed by atoms with E-state index >= 15 is 0 Å². The van der Waals surface area contributed by atoms with Crippen molar-refractivity contribution in [3.05, 3.63) is 95.6 Å². The highest BCUT2D eigenvalue weighted by Crippen LogP contribution is 2.19. The lowest BCUT2D eigenvalue weighted by Gasteiger charge is -2.32. The topological polar surface area (TPSA) is 67.9 Å². The molecule has 6 nitrogen and oxygen atoms in total. The molecular formula is C29H34N2O4. The zero-order chi connectivity index (χ0) is 25.2. The van der Waals surface area contributed by atoms with Crippen molar-refractivity contribution in [3.63, 3.8) is 0 Å². The van der Waals surface area contributed by atoms with E-state index in [0.717, 1.165) is 16.7 Å². The van der Waals surface area contributed by atoms with Crippen molar-refractivity contribution in [1.82, 2.24) is 10.2 Å². The molecule has 3 aromatic rings. The van der Waals surface area contributed by atoms with Crippen LogP contribution in [0.15, 0.2) is 78.9 Å². The molecule has 0 aliphatic heterocycles. The minimum Gasteiger partial charge on any atom is -0.497 e. The highest BCUT2D eigenvalue weighted by atomic mass is 16.5. The summed E-state index contributed by atoms with van der Waals surface area (Å²) >= 11 is 0. The van der Waals surface area contributed by atoms with Crippen LogP contribution in [0.4, 0.5) is 0 Å². The normalized spacial score (nSPS) is 11.6. The van der Waals surface area contributed by atoms with E-state index in [1.54, 1.807) is 12.0 Å². The number of aryl methyl sites for hydroxylation is 1. The molecule has 1 N–H and O–H groups in total. The molecule has 0 aromatic heterocycles. The Morgan fingerprint density at radius 2 is 1.57 bits per heavy atom. The van der Waals surface area contributed by atoms with E-state index in [1.807, 2.05) is 99.6 Å². The Bertz CT molecular complexity index is 1110. The summed E-state index contributed by atoms with van der Waals surface area (Å²) in [5, 5.41) is 2.99. The molecule has 0 saturated carbocycles. The third kappa shape index (κ3) is 7.88. The smallest absolute Gasteiger partial charge is 0.261 e. The average Bonchev–Trinajstić information content (AvgIpc) is 2.85.